The van der Waals surface area contributed by atoms with Gasteiger partial charge in [-0.1, -0.05) is 0 Å². The van der Waals surface area contributed by atoms with Gasteiger partial charge in [0.25, 0.3) is 6.43 Å². The topological polar surface area (TPSA) is 82.0 Å². The molecule has 0 unspecified atom stereocenters. The molecule has 1 rings (SSSR count). The summed E-state index contributed by atoms with van der Waals surface area (Å²) in [6, 6.07) is 0. The molecule has 0 aliphatic rings. The number of alkyl halides is 2. The van der Waals surface area contributed by atoms with Gasteiger partial charge < -0.3 is 5.73 Å². The third-order valence-corrected chi connectivity index (χ3v) is 1.47. The van der Waals surface area contributed by atoms with Gasteiger partial charge in [0.2, 0.25) is 5.95 Å². The molecular weight excluding hydrogens is 203 g/mol. The number of pyridine rings is 1. The summed E-state index contributed by atoms with van der Waals surface area (Å²) in [7, 11) is 0. The van der Waals surface area contributed by atoms with Crippen molar-refractivity contribution in [3.05, 3.63) is 27.8 Å². The fourth-order valence-electron chi connectivity index (χ4n) is 0.907. The first kappa shape index (κ1) is 10.2. The first-order valence-corrected chi connectivity index (χ1v) is 3.31. The Bertz CT molecular complexity index is 383. The van der Waals surface area contributed by atoms with Gasteiger partial charge in [0.15, 0.2) is 5.56 Å². The van der Waals surface area contributed by atoms with E-state index in [2.05, 4.69) is 4.98 Å². The standard InChI is InChI=1S/C6H4F3N3O2/c7-5(8)3-4(12(13)14)2(10)1-11-6(3)9/h1,5H,10H2. The van der Waals surface area contributed by atoms with Crippen molar-refractivity contribution >= 4 is 11.4 Å². The number of hydrogen-bond donors (Lipinski definition) is 1. The molecule has 1 aromatic rings. The third kappa shape index (κ3) is 1.58. The number of halogens is 3. The van der Waals surface area contributed by atoms with Crippen LogP contribution >= 0.6 is 0 Å². The lowest BCUT2D eigenvalue weighted by atomic mass is 10.2. The number of aromatic nitrogens is 1. The van der Waals surface area contributed by atoms with Crippen molar-refractivity contribution in [3.8, 4) is 0 Å². The van der Waals surface area contributed by atoms with E-state index in [4.69, 9.17) is 5.73 Å². The van der Waals surface area contributed by atoms with Crippen LogP contribution in [0.15, 0.2) is 6.20 Å². The summed E-state index contributed by atoms with van der Waals surface area (Å²) in [5, 5.41) is 10.3. The van der Waals surface area contributed by atoms with Gasteiger partial charge in [-0.15, -0.1) is 0 Å². The van der Waals surface area contributed by atoms with E-state index in [1.807, 2.05) is 0 Å². The molecule has 14 heavy (non-hydrogen) atoms. The highest BCUT2D eigenvalue weighted by Gasteiger charge is 2.29. The average Bonchev–Trinajstić information content (AvgIpc) is 2.07. The maximum atomic E-state index is 12.7. The second kappa shape index (κ2) is 3.48. The molecule has 0 atom stereocenters. The smallest absolute Gasteiger partial charge is 0.307 e. The summed E-state index contributed by atoms with van der Waals surface area (Å²) < 4.78 is 37.1. The van der Waals surface area contributed by atoms with E-state index in [9.17, 15) is 23.3 Å². The van der Waals surface area contributed by atoms with Crippen LogP contribution in [0.5, 0.6) is 0 Å². The van der Waals surface area contributed by atoms with Gasteiger partial charge in [0.1, 0.15) is 5.69 Å². The molecule has 0 saturated carbocycles. The second-order valence-electron chi connectivity index (χ2n) is 2.32. The highest BCUT2D eigenvalue weighted by molar-refractivity contribution is 5.61. The van der Waals surface area contributed by atoms with Crippen LogP contribution < -0.4 is 5.73 Å². The Labute approximate surface area is 75.5 Å². The highest BCUT2D eigenvalue weighted by Crippen LogP contribution is 2.34. The maximum Gasteiger partial charge on any atom is 0.307 e. The molecule has 0 spiro atoms. The zero-order valence-corrected chi connectivity index (χ0v) is 6.58. The Morgan fingerprint density at radius 2 is 2.14 bits per heavy atom. The largest absolute Gasteiger partial charge is 0.392 e. The van der Waals surface area contributed by atoms with Crippen molar-refractivity contribution in [2.75, 3.05) is 5.73 Å². The van der Waals surface area contributed by atoms with Crippen LogP contribution in [0.4, 0.5) is 24.5 Å². The van der Waals surface area contributed by atoms with Crippen molar-refractivity contribution in [1.29, 1.82) is 0 Å². The molecule has 0 saturated heterocycles. The fourth-order valence-corrected chi connectivity index (χ4v) is 0.907. The first-order chi connectivity index (χ1) is 6.45. The van der Waals surface area contributed by atoms with Gasteiger partial charge >= 0.3 is 5.69 Å². The second-order valence-corrected chi connectivity index (χ2v) is 2.32. The van der Waals surface area contributed by atoms with Crippen LogP contribution in [0.2, 0.25) is 0 Å². The van der Waals surface area contributed by atoms with Gasteiger partial charge in [-0.3, -0.25) is 10.1 Å². The molecule has 0 bridgehead atoms. The number of hydrogen-bond acceptors (Lipinski definition) is 4. The number of rotatable bonds is 2. The lowest BCUT2D eigenvalue weighted by molar-refractivity contribution is -0.385. The van der Waals surface area contributed by atoms with Crippen LogP contribution in [-0.4, -0.2) is 9.91 Å². The predicted octanol–water partition coefficient (Wildman–Crippen LogP) is 1.65. The van der Waals surface area contributed by atoms with Crippen LogP contribution in [0, 0.1) is 16.1 Å². The molecule has 1 aromatic heterocycles. The molecule has 0 aliphatic heterocycles. The minimum atomic E-state index is -3.33. The van der Waals surface area contributed by atoms with E-state index in [1.165, 1.54) is 0 Å². The molecule has 0 amide bonds. The summed E-state index contributed by atoms with van der Waals surface area (Å²) in [6.45, 7) is 0. The normalized spacial score (nSPS) is 10.6. The Balaban J connectivity index is 3.50. The van der Waals surface area contributed by atoms with Crippen molar-refractivity contribution < 1.29 is 18.1 Å². The summed E-state index contributed by atoms with van der Waals surface area (Å²) in [6.07, 6.45) is -2.70. The van der Waals surface area contributed by atoms with E-state index >= 15 is 0 Å². The van der Waals surface area contributed by atoms with Gasteiger partial charge in [-0.25, -0.2) is 13.8 Å². The molecule has 0 fully saturated rings. The third-order valence-electron chi connectivity index (χ3n) is 1.47. The number of anilines is 1. The maximum absolute atomic E-state index is 12.7. The zero-order chi connectivity index (χ0) is 10.9. The quantitative estimate of drug-likeness (QED) is 0.454. The van der Waals surface area contributed by atoms with Crippen molar-refractivity contribution in [1.82, 2.24) is 4.98 Å². The van der Waals surface area contributed by atoms with Crippen LogP contribution in [0.1, 0.15) is 12.0 Å². The molecular formula is C6H4F3N3O2. The molecule has 8 heteroatoms. The van der Waals surface area contributed by atoms with Crippen molar-refractivity contribution in [3.63, 3.8) is 0 Å². The van der Waals surface area contributed by atoms with Gasteiger partial charge in [-0.05, 0) is 0 Å². The molecule has 0 aromatic carbocycles. The van der Waals surface area contributed by atoms with E-state index in [0.717, 1.165) is 0 Å². The lowest BCUT2D eigenvalue weighted by Gasteiger charge is -2.03. The van der Waals surface area contributed by atoms with E-state index < -0.39 is 34.2 Å². The van der Waals surface area contributed by atoms with E-state index in [0.29, 0.717) is 6.20 Å². The van der Waals surface area contributed by atoms with Crippen LogP contribution in [0.3, 0.4) is 0 Å². The molecule has 2 N–H and O–H groups in total. The van der Waals surface area contributed by atoms with Gasteiger partial charge in [0.05, 0.1) is 11.1 Å². The number of nitrogens with two attached hydrogens (primary N) is 1. The monoisotopic (exact) mass is 207 g/mol. The Hall–Kier alpha value is -1.86. The van der Waals surface area contributed by atoms with Crippen molar-refractivity contribution in [2.45, 2.75) is 6.43 Å². The molecule has 1 heterocycles. The van der Waals surface area contributed by atoms with Gasteiger partial charge in [-0.2, -0.15) is 4.39 Å². The van der Waals surface area contributed by atoms with Gasteiger partial charge in [0, 0.05) is 0 Å². The SMILES string of the molecule is Nc1cnc(F)c(C(F)F)c1[N+](=O)[O-]. The predicted molar refractivity (Wildman–Crippen MR) is 40.2 cm³/mol. The average molecular weight is 207 g/mol. The molecule has 0 aliphatic carbocycles. The molecule has 0 radical (unpaired) electrons. The van der Waals surface area contributed by atoms with Crippen LogP contribution in [-0.2, 0) is 0 Å². The summed E-state index contributed by atoms with van der Waals surface area (Å²) in [4.78, 5) is 12.0. The number of nitrogens with zero attached hydrogens (tertiary/aromatic N) is 2. The Kier molecular flexibility index (Phi) is 2.54. The zero-order valence-electron chi connectivity index (χ0n) is 6.58. The fraction of sp³-hybridized carbons (Fsp3) is 0.167. The summed E-state index contributed by atoms with van der Waals surface area (Å²) in [5.41, 5.74) is 1.92. The Morgan fingerprint density at radius 1 is 1.57 bits per heavy atom. The highest BCUT2D eigenvalue weighted by atomic mass is 19.3. The molecule has 76 valence electrons. The number of nitro groups is 1. The van der Waals surface area contributed by atoms with E-state index in [1.54, 1.807) is 0 Å². The number of nitrogen functional groups attached to an aromatic ring is 1. The summed E-state index contributed by atoms with van der Waals surface area (Å²) >= 11 is 0. The minimum Gasteiger partial charge on any atom is -0.392 e. The van der Waals surface area contributed by atoms with Crippen molar-refractivity contribution in [2.24, 2.45) is 0 Å². The van der Waals surface area contributed by atoms with Crippen LogP contribution in [0.25, 0.3) is 0 Å². The minimum absolute atomic E-state index is 0.591. The molecule has 5 nitrogen and oxygen atoms in total. The Morgan fingerprint density at radius 3 is 2.50 bits per heavy atom. The first-order valence-electron chi connectivity index (χ1n) is 3.31. The summed E-state index contributed by atoms with van der Waals surface area (Å²) in [5.74, 6) is -1.58. The van der Waals surface area contributed by atoms with E-state index in [-0.39, 0.29) is 0 Å². The lowest BCUT2D eigenvalue weighted by Crippen LogP contribution is -2.05.